The number of aromatic nitrogens is 2. The van der Waals surface area contributed by atoms with Gasteiger partial charge in [0.25, 0.3) is 5.91 Å². The second kappa shape index (κ2) is 10.0. The molecule has 1 aromatic heterocycles. The van der Waals surface area contributed by atoms with Gasteiger partial charge >= 0.3 is 0 Å². The van der Waals surface area contributed by atoms with E-state index >= 15 is 4.39 Å². The Morgan fingerprint density at radius 2 is 1.82 bits per heavy atom. The lowest BCUT2D eigenvalue weighted by Crippen LogP contribution is -2.49. The van der Waals surface area contributed by atoms with Gasteiger partial charge in [-0.2, -0.15) is 0 Å². The van der Waals surface area contributed by atoms with Crippen molar-refractivity contribution in [2.45, 2.75) is 19.4 Å². The van der Waals surface area contributed by atoms with Crippen molar-refractivity contribution in [1.82, 2.24) is 9.97 Å². The first-order chi connectivity index (χ1) is 18.6. The number of carbonyl (C=O) groups is 1. The number of fused-ring (bicyclic) bond motifs is 2. The fraction of sp³-hybridized carbons (Fsp3) is 0.207. The quantitative estimate of drug-likeness (QED) is 0.239. The van der Waals surface area contributed by atoms with Gasteiger partial charge in [-0.25, -0.2) is 14.4 Å². The lowest BCUT2D eigenvalue weighted by molar-refractivity contribution is -0.115. The first kappa shape index (κ1) is 26.7. The van der Waals surface area contributed by atoms with Crippen LogP contribution in [0, 0.1) is 5.82 Å². The number of carbonyl (C=O) groups excluding carboxylic acids is 1. The largest absolute Gasteiger partial charge is 0.495 e. The van der Waals surface area contributed by atoms with Crippen LogP contribution in [0.25, 0.3) is 33.4 Å². The highest BCUT2D eigenvalue weighted by atomic mass is 35.5. The predicted octanol–water partition coefficient (Wildman–Crippen LogP) is 7.12. The van der Waals surface area contributed by atoms with Gasteiger partial charge < -0.3 is 19.1 Å². The topological polar surface area (TPSA) is 73.8 Å². The Bertz CT molecular complexity index is 1630. The first-order valence-corrected chi connectivity index (χ1v) is 12.7. The monoisotopic (exact) mass is 567 g/mol. The van der Waals surface area contributed by atoms with Gasteiger partial charge in [0.2, 0.25) is 0 Å². The standard InChI is InChI=1S/C29H24Cl2FN3O4/c1-6-24(36)35-14-29(2,3)39-21-11-18(32)17(10-20(21)35)28-33-13-16-9-15(7-8-19(16)34-28)25-26(30)22(37-4)12-23(38-5)27(25)31/h6-13H,1,14H2,2-5H3. The van der Waals surface area contributed by atoms with Crippen LogP contribution in [0.5, 0.6) is 17.2 Å². The van der Waals surface area contributed by atoms with Crippen molar-refractivity contribution in [3.8, 4) is 39.8 Å². The van der Waals surface area contributed by atoms with Crippen molar-refractivity contribution in [2.24, 2.45) is 0 Å². The molecule has 200 valence electrons. The Balaban J connectivity index is 1.59. The molecule has 0 saturated heterocycles. The van der Waals surface area contributed by atoms with Crippen LogP contribution >= 0.6 is 23.2 Å². The molecule has 0 aliphatic carbocycles. The molecular formula is C29H24Cl2FN3O4. The maximum atomic E-state index is 15.3. The number of amides is 1. The van der Waals surface area contributed by atoms with Gasteiger partial charge in [0, 0.05) is 29.3 Å². The molecule has 0 unspecified atom stereocenters. The van der Waals surface area contributed by atoms with E-state index in [0.717, 1.165) is 0 Å². The van der Waals surface area contributed by atoms with Gasteiger partial charge in [-0.3, -0.25) is 4.79 Å². The van der Waals surface area contributed by atoms with Crippen LogP contribution in [0.4, 0.5) is 10.1 Å². The normalized spacial score (nSPS) is 14.0. The minimum Gasteiger partial charge on any atom is -0.495 e. The van der Waals surface area contributed by atoms with E-state index in [0.29, 0.717) is 49.3 Å². The average molecular weight is 568 g/mol. The van der Waals surface area contributed by atoms with Gasteiger partial charge in [-0.05, 0) is 43.7 Å². The first-order valence-electron chi connectivity index (χ1n) is 11.9. The second-order valence-corrected chi connectivity index (χ2v) is 10.3. The molecule has 7 nitrogen and oxygen atoms in total. The van der Waals surface area contributed by atoms with Crippen LogP contribution in [0.15, 0.2) is 55.3 Å². The molecule has 0 bridgehead atoms. The molecule has 1 aliphatic rings. The molecule has 0 saturated carbocycles. The van der Waals surface area contributed by atoms with E-state index in [1.54, 1.807) is 24.4 Å². The lowest BCUT2D eigenvalue weighted by Gasteiger charge is -2.39. The van der Waals surface area contributed by atoms with Crippen LogP contribution in [0.1, 0.15) is 13.8 Å². The molecule has 0 radical (unpaired) electrons. The molecule has 5 rings (SSSR count). The summed E-state index contributed by atoms with van der Waals surface area (Å²) in [5.74, 6) is 0.359. The van der Waals surface area contributed by atoms with E-state index < -0.39 is 11.4 Å². The second-order valence-electron chi connectivity index (χ2n) is 9.54. The van der Waals surface area contributed by atoms with E-state index in [9.17, 15) is 4.79 Å². The number of rotatable bonds is 5. The van der Waals surface area contributed by atoms with Crippen molar-refractivity contribution in [3.05, 3.63) is 71.1 Å². The van der Waals surface area contributed by atoms with Crippen LogP contribution < -0.4 is 19.1 Å². The minimum atomic E-state index is -0.699. The molecule has 0 N–H and O–H groups in total. The van der Waals surface area contributed by atoms with Crippen molar-refractivity contribution >= 4 is 45.7 Å². The molecular weight excluding hydrogens is 544 g/mol. The number of ether oxygens (including phenoxy) is 3. The lowest BCUT2D eigenvalue weighted by atomic mass is 10.0. The van der Waals surface area contributed by atoms with Gasteiger partial charge in [0.15, 0.2) is 5.82 Å². The van der Waals surface area contributed by atoms with Gasteiger partial charge in [-0.15, -0.1) is 0 Å². The molecule has 4 aromatic rings. The Morgan fingerprint density at radius 1 is 1.13 bits per heavy atom. The van der Waals surface area contributed by atoms with Crippen LogP contribution in [0.2, 0.25) is 10.0 Å². The third-order valence-corrected chi connectivity index (χ3v) is 7.14. The average Bonchev–Trinajstić information content (AvgIpc) is 2.91. The van der Waals surface area contributed by atoms with Crippen LogP contribution in [0.3, 0.4) is 0 Å². The highest BCUT2D eigenvalue weighted by Gasteiger charge is 2.35. The zero-order chi connectivity index (χ0) is 28.1. The molecule has 39 heavy (non-hydrogen) atoms. The number of benzene rings is 3. The number of nitrogens with zero attached hydrogens (tertiary/aromatic N) is 3. The summed E-state index contributed by atoms with van der Waals surface area (Å²) >= 11 is 13.2. The molecule has 3 aromatic carbocycles. The third kappa shape index (κ3) is 4.75. The van der Waals surface area contributed by atoms with E-state index in [4.69, 9.17) is 37.4 Å². The van der Waals surface area contributed by atoms with Crippen LogP contribution in [-0.4, -0.2) is 42.2 Å². The van der Waals surface area contributed by atoms with Crippen LogP contribution in [-0.2, 0) is 4.79 Å². The van der Waals surface area contributed by atoms with Gasteiger partial charge in [0.1, 0.15) is 28.7 Å². The fourth-order valence-corrected chi connectivity index (χ4v) is 5.29. The summed E-state index contributed by atoms with van der Waals surface area (Å²) < 4.78 is 32.0. The zero-order valence-corrected chi connectivity index (χ0v) is 23.2. The van der Waals surface area contributed by atoms with Gasteiger partial charge in [-0.1, -0.05) is 35.8 Å². The molecule has 1 amide bonds. The van der Waals surface area contributed by atoms with Crippen molar-refractivity contribution in [3.63, 3.8) is 0 Å². The van der Waals surface area contributed by atoms with E-state index in [1.165, 1.54) is 37.3 Å². The number of anilines is 1. The summed E-state index contributed by atoms with van der Waals surface area (Å²) in [6.45, 7) is 7.52. The third-order valence-electron chi connectivity index (χ3n) is 6.39. The molecule has 1 aliphatic heterocycles. The van der Waals surface area contributed by atoms with Crippen molar-refractivity contribution < 1.29 is 23.4 Å². The predicted molar refractivity (Wildman–Crippen MR) is 151 cm³/mol. The molecule has 2 heterocycles. The molecule has 0 atom stereocenters. The van der Waals surface area contributed by atoms with Crippen molar-refractivity contribution in [1.29, 1.82) is 0 Å². The Hall–Kier alpha value is -3.88. The number of halogens is 3. The summed E-state index contributed by atoms with van der Waals surface area (Å²) in [6.07, 6.45) is 2.81. The summed E-state index contributed by atoms with van der Waals surface area (Å²) in [5, 5.41) is 1.35. The maximum Gasteiger partial charge on any atom is 0.250 e. The van der Waals surface area contributed by atoms with E-state index in [-0.39, 0.29) is 29.6 Å². The fourth-order valence-electron chi connectivity index (χ4n) is 4.57. The zero-order valence-electron chi connectivity index (χ0n) is 21.6. The Labute approximate surface area is 234 Å². The van der Waals surface area contributed by atoms with Crippen molar-refractivity contribution in [2.75, 3.05) is 25.7 Å². The maximum absolute atomic E-state index is 15.3. The number of hydrogen-bond donors (Lipinski definition) is 0. The molecule has 10 heteroatoms. The number of methoxy groups -OCH3 is 2. The highest BCUT2D eigenvalue weighted by molar-refractivity contribution is 6.41. The Morgan fingerprint density at radius 3 is 2.46 bits per heavy atom. The van der Waals surface area contributed by atoms with Gasteiger partial charge in [0.05, 0.1) is 47.6 Å². The van der Waals surface area contributed by atoms with E-state index in [2.05, 4.69) is 16.5 Å². The summed E-state index contributed by atoms with van der Waals surface area (Å²) in [7, 11) is 3.01. The Kier molecular flexibility index (Phi) is 6.86. The summed E-state index contributed by atoms with van der Waals surface area (Å²) in [6, 6.07) is 9.80. The van der Waals surface area contributed by atoms with E-state index in [1.807, 2.05) is 19.9 Å². The minimum absolute atomic E-state index is 0.133. The summed E-state index contributed by atoms with van der Waals surface area (Å²) in [4.78, 5) is 23.1. The molecule has 0 fully saturated rings. The summed E-state index contributed by atoms with van der Waals surface area (Å²) in [5.41, 5.74) is 1.66. The molecule has 0 spiro atoms. The highest BCUT2D eigenvalue weighted by Crippen LogP contribution is 2.46. The number of hydrogen-bond acceptors (Lipinski definition) is 6. The smallest absolute Gasteiger partial charge is 0.250 e. The SMILES string of the molecule is C=CC(=O)N1CC(C)(C)Oc2cc(F)c(-c3ncc4cc(-c5c(Cl)c(OC)cc(OC)c5Cl)ccc4n3)cc21.